The van der Waals surface area contributed by atoms with E-state index in [-0.39, 0.29) is 11.9 Å². The van der Waals surface area contributed by atoms with Crippen LogP contribution in [0.5, 0.6) is 0 Å². The van der Waals surface area contributed by atoms with Crippen LogP contribution in [0.2, 0.25) is 0 Å². The van der Waals surface area contributed by atoms with Gasteiger partial charge >= 0.3 is 0 Å². The average molecular weight is 245 g/mol. The van der Waals surface area contributed by atoms with Crippen LogP contribution in [0.4, 0.5) is 11.4 Å². The minimum atomic E-state index is -0.183. The molecule has 4 nitrogen and oxygen atoms in total. The molecule has 0 spiro atoms. The molecule has 0 aromatic heterocycles. The molecule has 1 aromatic carbocycles. The summed E-state index contributed by atoms with van der Waals surface area (Å²) in [4.78, 5) is 14.2. The average Bonchev–Trinajstić information content (AvgIpc) is 2.98. The lowest BCUT2D eigenvalue weighted by molar-refractivity contribution is -0.117. The van der Waals surface area contributed by atoms with E-state index in [1.54, 1.807) is 0 Å². The molecule has 3 rings (SSSR count). The lowest BCUT2D eigenvalue weighted by Gasteiger charge is -2.18. The van der Waals surface area contributed by atoms with Crippen LogP contribution in [0, 0.1) is 0 Å². The predicted molar refractivity (Wildman–Crippen MR) is 72.9 cm³/mol. The highest BCUT2D eigenvalue weighted by atomic mass is 16.2. The van der Waals surface area contributed by atoms with Crippen LogP contribution in [-0.4, -0.2) is 25.5 Å². The number of fused-ring (bicyclic) bond motifs is 1. The van der Waals surface area contributed by atoms with Crippen molar-refractivity contribution in [3.05, 3.63) is 23.8 Å². The number of anilines is 2. The lowest BCUT2D eigenvalue weighted by Crippen LogP contribution is -2.27. The topological polar surface area (TPSA) is 44.4 Å². The van der Waals surface area contributed by atoms with Crippen molar-refractivity contribution in [2.45, 2.75) is 25.8 Å². The Hall–Kier alpha value is -1.55. The van der Waals surface area contributed by atoms with Gasteiger partial charge < -0.3 is 15.5 Å². The first-order valence-corrected chi connectivity index (χ1v) is 6.72. The Kier molecular flexibility index (Phi) is 2.96. The smallest absolute Gasteiger partial charge is 0.246 e. The van der Waals surface area contributed by atoms with Crippen LogP contribution in [0.1, 0.15) is 31.4 Å². The Morgan fingerprint density at radius 3 is 2.89 bits per heavy atom. The molecule has 1 unspecified atom stereocenters. The molecule has 0 aliphatic carbocycles. The molecule has 1 atom stereocenters. The molecule has 2 aliphatic heterocycles. The van der Waals surface area contributed by atoms with Crippen molar-refractivity contribution in [1.29, 1.82) is 0 Å². The first-order chi connectivity index (χ1) is 8.79. The van der Waals surface area contributed by atoms with Gasteiger partial charge in [0.2, 0.25) is 5.91 Å². The zero-order valence-electron chi connectivity index (χ0n) is 10.7. The number of benzene rings is 1. The molecule has 0 saturated carbocycles. The fraction of sp³-hybridized carbons (Fsp3) is 0.500. The SMILES string of the molecule is CCNC1C(=O)Nc2cc(N3CCCC3)ccc21. The molecular weight excluding hydrogens is 226 g/mol. The van der Waals surface area contributed by atoms with Crippen molar-refractivity contribution < 1.29 is 4.79 Å². The van der Waals surface area contributed by atoms with Crippen LogP contribution in [0.3, 0.4) is 0 Å². The monoisotopic (exact) mass is 245 g/mol. The van der Waals surface area contributed by atoms with Crippen molar-refractivity contribution in [3.8, 4) is 0 Å². The standard InChI is InChI=1S/C14H19N3O/c1-2-15-13-11-6-5-10(17-7-3-4-8-17)9-12(11)16-14(13)18/h5-6,9,13,15H,2-4,7-8H2,1H3,(H,16,18). The summed E-state index contributed by atoms with van der Waals surface area (Å²) in [6.07, 6.45) is 2.53. The first kappa shape index (κ1) is 11.5. The molecule has 1 amide bonds. The fourth-order valence-corrected chi connectivity index (χ4v) is 2.83. The predicted octanol–water partition coefficient (Wildman–Crippen LogP) is 1.89. The number of hydrogen-bond donors (Lipinski definition) is 2. The molecule has 2 aliphatic rings. The molecule has 4 heteroatoms. The molecule has 18 heavy (non-hydrogen) atoms. The number of amides is 1. The maximum atomic E-state index is 11.9. The van der Waals surface area contributed by atoms with Gasteiger partial charge in [-0.3, -0.25) is 4.79 Å². The molecule has 2 N–H and O–H groups in total. The third-order valence-corrected chi connectivity index (χ3v) is 3.75. The summed E-state index contributed by atoms with van der Waals surface area (Å²) in [6, 6.07) is 6.14. The summed E-state index contributed by atoms with van der Waals surface area (Å²) in [5, 5.41) is 6.18. The highest BCUT2D eigenvalue weighted by Crippen LogP contribution is 2.34. The van der Waals surface area contributed by atoms with Gasteiger partial charge in [0.05, 0.1) is 0 Å². The Morgan fingerprint density at radius 1 is 1.39 bits per heavy atom. The number of carbonyl (C=O) groups excluding carboxylic acids is 1. The molecule has 1 saturated heterocycles. The summed E-state index contributed by atoms with van der Waals surface area (Å²) in [7, 11) is 0. The van der Waals surface area contributed by atoms with Gasteiger partial charge in [-0.05, 0) is 31.5 Å². The van der Waals surface area contributed by atoms with E-state index in [1.807, 2.05) is 6.92 Å². The van der Waals surface area contributed by atoms with E-state index < -0.39 is 0 Å². The number of rotatable bonds is 3. The van der Waals surface area contributed by atoms with Gasteiger partial charge in [0.15, 0.2) is 0 Å². The van der Waals surface area contributed by atoms with Gasteiger partial charge in [0.1, 0.15) is 6.04 Å². The van der Waals surface area contributed by atoms with Gasteiger partial charge in [0.25, 0.3) is 0 Å². The highest BCUT2D eigenvalue weighted by molar-refractivity contribution is 6.03. The number of nitrogens with zero attached hydrogens (tertiary/aromatic N) is 1. The highest BCUT2D eigenvalue weighted by Gasteiger charge is 2.30. The molecule has 1 aromatic rings. The van der Waals surface area contributed by atoms with E-state index >= 15 is 0 Å². The van der Waals surface area contributed by atoms with Crippen LogP contribution in [-0.2, 0) is 4.79 Å². The largest absolute Gasteiger partial charge is 0.371 e. The quantitative estimate of drug-likeness (QED) is 0.854. The molecule has 0 radical (unpaired) electrons. The molecule has 0 bridgehead atoms. The van der Waals surface area contributed by atoms with Gasteiger partial charge in [-0.1, -0.05) is 13.0 Å². The van der Waals surface area contributed by atoms with Crippen molar-refractivity contribution in [1.82, 2.24) is 5.32 Å². The third-order valence-electron chi connectivity index (χ3n) is 3.75. The zero-order valence-corrected chi connectivity index (χ0v) is 10.7. The Balaban J connectivity index is 1.88. The Bertz CT molecular complexity index is 466. The minimum Gasteiger partial charge on any atom is -0.371 e. The summed E-state index contributed by atoms with van der Waals surface area (Å²) in [6.45, 7) is 5.07. The van der Waals surface area contributed by atoms with Gasteiger partial charge in [-0.15, -0.1) is 0 Å². The van der Waals surface area contributed by atoms with Gasteiger partial charge in [-0.25, -0.2) is 0 Å². The lowest BCUT2D eigenvalue weighted by atomic mass is 10.1. The van der Waals surface area contributed by atoms with Crippen LogP contribution in [0.25, 0.3) is 0 Å². The number of nitrogens with one attached hydrogen (secondary N) is 2. The molecular formula is C14H19N3O. The van der Waals surface area contributed by atoms with Gasteiger partial charge in [-0.2, -0.15) is 0 Å². The van der Waals surface area contributed by atoms with Crippen molar-refractivity contribution in [2.24, 2.45) is 0 Å². The second kappa shape index (κ2) is 4.61. The van der Waals surface area contributed by atoms with E-state index in [1.165, 1.54) is 18.5 Å². The third kappa shape index (κ3) is 1.86. The summed E-state index contributed by atoms with van der Waals surface area (Å²) >= 11 is 0. The summed E-state index contributed by atoms with van der Waals surface area (Å²) in [5.74, 6) is 0.0606. The van der Waals surface area contributed by atoms with Crippen LogP contribution < -0.4 is 15.5 Å². The van der Waals surface area contributed by atoms with E-state index in [0.29, 0.717) is 0 Å². The van der Waals surface area contributed by atoms with E-state index in [9.17, 15) is 4.79 Å². The number of hydrogen-bond acceptors (Lipinski definition) is 3. The van der Waals surface area contributed by atoms with E-state index in [4.69, 9.17) is 0 Å². The first-order valence-electron chi connectivity index (χ1n) is 6.72. The second-order valence-electron chi connectivity index (χ2n) is 4.95. The van der Waals surface area contributed by atoms with Crippen LogP contribution in [0.15, 0.2) is 18.2 Å². The van der Waals surface area contributed by atoms with Gasteiger partial charge in [0, 0.05) is 30.0 Å². The molecule has 1 fully saturated rings. The normalized spacial score (nSPS) is 22.2. The number of carbonyl (C=O) groups is 1. The van der Waals surface area contributed by atoms with Crippen LogP contribution >= 0.6 is 0 Å². The summed E-state index contributed by atoms with van der Waals surface area (Å²) in [5.41, 5.74) is 3.27. The zero-order chi connectivity index (χ0) is 12.5. The maximum Gasteiger partial charge on any atom is 0.246 e. The van der Waals surface area contributed by atoms with Crippen molar-refractivity contribution in [3.63, 3.8) is 0 Å². The maximum absolute atomic E-state index is 11.9. The minimum absolute atomic E-state index is 0.0606. The fourth-order valence-electron chi connectivity index (χ4n) is 2.83. The summed E-state index contributed by atoms with van der Waals surface area (Å²) < 4.78 is 0. The molecule has 96 valence electrons. The molecule has 2 heterocycles. The van der Waals surface area contributed by atoms with Crippen molar-refractivity contribution in [2.75, 3.05) is 29.9 Å². The Morgan fingerprint density at radius 2 is 2.17 bits per heavy atom. The number of likely N-dealkylation sites (N-methyl/N-ethyl adjacent to an activating group) is 1. The second-order valence-corrected chi connectivity index (χ2v) is 4.95. The van der Waals surface area contributed by atoms with E-state index in [0.717, 1.165) is 30.9 Å². The van der Waals surface area contributed by atoms with Crippen molar-refractivity contribution >= 4 is 17.3 Å². The Labute approximate surface area is 107 Å². The van der Waals surface area contributed by atoms with E-state index in [2.05, 4.69) is 33.7 Å².